The fourth-order valence-corrected chi connectivity index (χ4v) is 3.07. The molecule has 1 aromatic carbocycles. The highest BCUT2D eigenvalue weighted by atomic mass is 32.1. The van der Waals surface area contributed by atoms with Crippen molar-refractivity contribution >= 4 is 29.5 Å². The van der Waals surface area contributed by atoms with Gasteiger partial charge in [0, 0.05) is 18.5 Å². The van der Waals surface area contributed by atoms with E-state index in [0.29, 0.717) is 16.4 Å². The number of ether oxygens (including phenoxy) is 3. The van der Waals surface area contributed by atoms with E-state index >= 15 is 0 Å². The van der Waals surface area contributed by atoms with Crippen LogP contribution in [-0.4, -0.2) is 70.9 Å². The number of hydrogen-bond donors (Lipinski definition) is 3. The monoisotopic (exact) mass is 410 g/mol. The Hall–Kier alpha value is -2.43. The Kier molecular flexibility index (Phi) is 8.92. The smallest absolute Gasteiger partial charge is 0.186 e. The maximum Gasteiger partial charge on any atom is 0.186 e. The molecule has 0 amide bonds. The number of methoxy groups -OCH3 is 2. The third kappa shape index (κ3) is 6.32. The molecule has 0 atom stereocenters. The highest BCUT2D eigenvalue weighted by Gasteiger charge is 2.15. The minimum Gasteiger partial charge on any atom is -0.545 e. The number of rotatable bonds is 9. The van der Waals surface area contributed by atoms with E-state index in [-0.39, 0.29) is 11.3 Å². The molecular formula is C18H26N4O5S. The summed E-state index contributed by atoms with van der Waals surface area (Å²) in [4.78, 5) is 13.0. The molecule has 1 heterocycles. The van der Waals surface area contributed by atoms with Crippen molar-refractivity contribution in [2.24, 2.45) is 5.10 Å². The molecule has 9 nitrogen and oxygen atoms in total. The molecule has 2 rings (SSSR count). The minimum atomic E-state index is -1.39. The lowest BCUT2D eigenvalue weighted by Gasteiger charge is -2.23. The van der Waals surface area contributed by atoms with Gasteiger partial charge in [-0.3, -0.25) is 5.43 Å². The van der Waals surface area contributed by atoms with Crippen LogP contribution in [0.2, 0.25) is 0 Å². The van der Waals surface area contributed by atoms with Crippen LogP contribution in [0.25, 0.3) is 0 Å². The molecule has 0 radical (unpaired) electrons. The van der Waals surface area contributed by atoms with Crippen LogP contribution in [0, 0.1) is 0 Å². The number of aromatic carboxylic acids is 1. The van der Waals surface area contributed by atoms with Gasteiger partial charge in [-0.25, -0.2) is 0 Å². The molecule has 0 aromatic heterocycles. The maximum absolute atomic E-state index is 11.5. The van der Waals surface area contributed by atoms with Crippen molar-refractivity contribution in [2.45, 2.75) is 6.42 Å². The zero-order chi connectivity index (χ0) is 20.4. The molecule has 1 aliphatic rings. The molecule has 0 unspecified atom stereocenters. The summed E-state index contributed by atoms with van der Waals surface area (Å²) in [5.74, 6) is -1.01. The van der Waals surface area contributed by atoms with Crippen LogP contribution in [0.4, 0.5) is 0 Å². The van der Waals surface area contributed by atoms with Gasteiger partial charge in [0.2, 0.25) is 0 Å². The van der Waals surface area contributed by atoms with Crippen LogP contribution >= 0.6 is 12.2 Å². The fraction of sp³-hybridized carbons (Fsp3) is 0.500. The number of hydrazone groups is 1. The van der Waals surface area contributed by atoms with Gasteiger partial charge in [0.05, 0.1) is 51.7 Å². The summed E-state index contributed by atoms with van der Waals surface area (Å²) in [5.41, 5.74) is 2.85. The molecule has 0 spiro atoms. The van der Waals surface area contributed by atoms with E-state index in [4.69, 9.17) is 26.4 Å². The van der Waals surface area contributed by atoms with Crippen molar-refractivity contribution in [1.82, 2.24) is 10.7 Å². The van der Waals surface area contributed by atoms with Gasteiger partial charge in [-0.1, -0.05) is 0 Å². The number of thiocarbonyl (C=S) groups is 1. The second kappa shape index (κ2) is 11.4. The second-order valence-electron chi connectivity index (χ2n) is 6.14. The average molecular weight is 410 g/mol. The summed E-state index contributed by atoms with van der Waals surface area (Å²) in [7, 11) is 2.79. The summed E-state index contributed by atoms with van der Waals surface area (Å²) < 4.78 is 15.6. The second-order valence-corrected chi connectivity index (χ2v) is 6.55. The van der Waals surface area contributed by atoms with Crippen LogP contribution < -0.4 is 30.2 Å². The Morgan fingerprint density at radius 2 is 2.11 bits per heavy atom. The first-order chi connectivity index (χ1) is 13.6. The lowest BCUT2D eigenvalue weighted by molar-refractivity contribution is -0.908. The topological polar surface area (TPSA) is 109 Å². The summed E-state index contributed by atoms with van der Waals surface area (Å²) in [6.45, 7) is 5.51. The Balaban J connectivity index is 1.84. The van der Waals surface area contributed by atoms with E-state index in [1.54, 1.807) is 12.1 Å². The number of carbonyl (C=O) groups excluding carboxylic acids is 1. The summed E-state index contributed by atoms with van der Waals surface area (Å²) in [6, 6.07) is 3.15. The first kappa shape index (κ1) is 21.9. The predicted molar refractivity (Wildman–Crippen MR) is 106 cm³/mol. The van der Waals surface area contributed by atoms with Crippen LogP contribution in [0.3, 0.4) is 0 Å². The number of benzene rings is 1. The first-order valence-corrected chi connectivity index (χ1v) is 9.42. The van der Waals surface area contributed by atoms with E-state index in [1.807, 2.05) is 0 Å². The van der Waals surface area contributed by atoms with Gasteiger partial charge in [-0.2, -0.15) is 5.10 Å². The zero-order valence-electron chi connectivity index (χ0n) is 16.1. The number of carbonyl (C=O) groups is 1. The Morgan fingerprint density at radius 1 is 1.36 bits per heavy atom. The number of morpholine rings is 1. The van der Waals surface area contributed by atoms with Crippen LogP contribution in [0.15, 0.2) is 17.2 Å². The molecule has 1 saturated heterocycles. The third-order valence-electron chi connectivity index (χ3n) is 4.34. The number of hydrogen-bond acceptors (Lipinski definition) is 7. The van der Waals surface area contributed by atoms with Crippen molar-refractivity contribution < 1.29 is 29.0 Å². The van der Waals surface area contributed by atoms with Gasteiger partial charge in [0.25, 0.3) is 0 Å². The molecule has 1 aliphatic heterocycles. The molecule has 0 bridgehead atoms. The Morgan fingerprint density at radius 3 is 2.75 bits per heavy atom. The average Bonchev–Trinajstić information content (AvgIpc) is 2.71. The summed E-state index contributed by atoms with van der Waals surface area (Å²) >= 11 is 5.18. The van der Waals surface area contributed by atoms with Gasteiger partial charge in [0.1, 0.15) is 13.1 Å². The van der Waals surface area contributed by atoms with E-state index in [0.717, 1.165) is 45.8 Å². The van der Waals surface area contributed by atoms with Gasteiger partial charge in [-0.05, 0) is 24.4 Å². The first-order valence-electron chi connectivity index (χ1n) is 9.01. The van der Waals surface area contributed by atoms with Gasteiger partial charge in [-0.15, -0.1) is 0 Å². The van der Waals surface area contributed by atoms with Crippen molar-refractivity contribution in [2.75, 3.05) is 53.6 Å². The van der Waals surface area contributed by atoms with Crippen LogP contribution in [0.1, 0.15) is 22.3 Å². The highest BCUT2D eigenvalue weighted by molar-refractivity contribution is 7.80. The molecule has 10 heteroatoms. The number of carboxylic acid groups (broad SMARTS) is 1. The molecule has 28 heavy (non-hydrogen) atoms. The number of carboxylic acids is 1. The Bertz CT molecular complexity index is 707. The lowest BCUT2D eigenvalue weighted by Crippen LogP contribution is -3.14. The van der Waals surface area contributed by atoms with E-state index in [9.17, 15) is 9.90 Å². The normalized spacial score (nSPS) is 14.6. The van der Waals surface area contributed by atoms with E-state index in [1.165, 1.54) is 25.3 Å². The summed E-state index contributed by atoms with van der Waals surface area (Å²) in [5, 5.41) is 18.9. The molecule has 3 N–H and O–H groups in total. The van der Waals surface area contributed by atoms with Gasteiger partial charge < -0.3 is 34.3 Å². The predicted octanol–water partition coefficient (Wildman–Crippen LogP) is -1.83. The fourth-order valence-electron chi connectivity index (χ4n) is 2.91. The van der Waals surface area contributed by atoms with Crippen molar-refractivity contribution in [3.05, 3.63) is 23.3 Å². The molecule has 0 saturated carbocycles. The van der Waals surface area contributed by atoms with Crippen LogP contribution in [0.5, 0.6) is 11.5 Å². The van der Waals surface area contributed by atoms with Crippen molar-refractivity contribution in [3.8, 4) is 11.5 Å². The van der Waals surface area contributed by atoms with Crippen molar-refractivity contribution in [1.29, 1.82) is 0 Å². The molecule has 1 fully saturated rings. The number of nitrogens with one attached hydrogen (secondary N) is 3. The van der Waals surface area contributed by atoms with Gasteiger partial charge in [0.15, 0.2) is 16.6 Å². The third-order valence-corrected chi connectivity index (χ3v) is 4.58. The largest absolute Gasteiger partial charge is 0.545 e. The lowest BCUT2D eigenvalue weighted by atomic mass is 10.1. The molecule has 0 aliphatic carbocycles. The number of nitrogens with zero attached hydrogens (tertiary/aromatic N) is 1. The highest BCUT2D eigenvalue weighted by Crippen LogP contribution is 2.32. The van der Waals surface area contributed by atoms with Gasteiger partial charge >= 0.3 is 0 Å². The van der Waals surface area contributed by atoms with Crippen molar-refractivity contribution in [3.63, 3.8) is 0 Å². The quantitative estimate of drug-likeness (QED) is 0.189. The zero-order valence-corrected chi connectivity index (χ0v) is 16.9. The SMILES string of the molecule is COc1ccc(/C=N\NC(=S)NCCC[NH+]2CCOCC2)c(C(=O)[O-])c1OC. The van der Waals surface area contributed by atoms with Crippen LogP contribution in [-0.2, 0) is 4.74 Å². The standard InChI is InChI=1S/C18H26N4O5S/c1-25-14-5-4-13(15(17(23)24)16(14)26-2)12-20-21-18(28)19-6-3-7-22-8-10-27-11-9-22/h4-5,12H,3,6-11H2,1-2H3,(H,23,24)(H2,19,21,28)/b20-12-. The maximum atomic E-state index is 11.5. The Labute approximate surface area is 169 Å². The van der Waals surface area contributed by atoms with E-state index < -0.39 is 5.97 Å². The number of quaternary nitrogens is 1. The summed E-state index contributed by atoms with van der Waals surface area (Å²) in [6.07, 6.45) is 2.32. The minimum absolute atomic E-state index is 0.0813. The molecular weight excluding hydrogens is 384 g/mol. The molecule has 1 aromatic rings. The van der Waals surface area contributed by atoms with E-state index in [2.05, 4.69) is 15.8 Å². The molecule has 154 valence electrons.